The Balaban J connectivity index is 2.40. The van der Waals surface area contributed by atoms with Crippen LogP contribution in [0.25, 0.3) is 16.6 Å². The molecule has 20 heavy (non-hydrogen) atoms. The summed E-state index contributed by atoms with van der Waals surface area (Å²) in [5, 5.41) is 0.521. The number of nitrogen functional groups attached to an aromatic ring is 1. The second kappa shape index (κ2) is 4.70. The molecule has 0 bridgehead atoms. The van der Waals surface area contributed by atoms with E-state index in [0.29, 0.717) is 22.3 Å². The maximum atomic E-state index is 12.6. The number of aromatic nitrogens is 2. The number of methoxy groups -OCH3 is 1. The molecule has 0 aliphatic rings. The molecular weight excluding hydrogens is 254 g/mol. The molecule has 0 radical (unpaired) electrons. The van der Waals surface area contributed by atoms with Gasteiger partial charge in [-0.2, -0.15) is 0 Å². The predicted octanol–water partition coefficient (Wildman–Crippen LogP) is 1.98. The van der Waals surface area contributed by atoms with Gasteiger partial charge in [-0.1, -0.05) is 24.3 Å². The van der Waals surface area contributed by atoms with Crippen LogP contribution in [-0.2, 0) is 0 Å². The molecule has 1 heterocycles. The Kier molecular flexibility index (Phi) is 2.87. The van der Waals surface area contributed by atoms with Crippen LogP contribution in [0, 0.1) is 0 Å². The number of hydrogen-bond acceptors (Lipinski definition) is 4. The number of benzene rings is 2. The van der Waals surface area contributed by atoms with Crippen molar-refractivity contribution in [2.45, 2.75) is 0 Å². The number of hydrogen-bond donors (Lipinski definition) is 1. The van der Waals surface area contributed by atoms with E-state index in [1.54, 1.807) is 37.4 Å². The number of rotatable bonds is 2. The zero-order valence-corrected chi connectivity index (χ0v) is 10.9. The number of ether oxygens (including phenoxy) is 1. The molecule has 0 unspecified atom stereocenters. The monoisotopic (exact) mass is 267 g/mol. The quantitative estimate of drug-likeness (QED) is 0.770. The van der Waals surface area contributed by atoms with Crippen LogP contribution >= 0.6 is 0 Å². The summed E-state index contributed by atoms with van der Waals surface area (Å²) in [7, 11) is 1.55. The smallest absolute Gasteiger partial charge is 0.267 e. The second-order valence-electron chi connectivity index (χ2n) is 4.30. The summed E-state index contributed by atoms with van der Waals surface area (Å²) in [6.07, 6.45) is 0. The standard InChI is InChI=1S/C15H13N3O2/c1-20-13-9-5-4-8-12(13)18-14(19)10-6-2-3-7-11(10)17-15(18)16/h2-9H,1H3,(H2,16,17). The van der Waals surface area contributed by atoms with Gasteiger partial charge >= 0.3 is 0 Å². The van der Waals surface area contributed by atoms with E-state index in [1.165, 1.54) is 4.57 Å². The van der Waals surface area contributed by atoms with Gasteiger partial charge in [-0.3, -0.25) is 4.79 Å². The third-order valence-corrected chi connectivity index (χ3v) is 3.13. The molecule has 0 aliphatic carbocycles. The lowest BCUT2D eigenvalue weighted by Gasteiger charge is -2.13. The van der Waals surface area contributed by atoms with Gasteiger partial charge in [0.05, 0.1) is 23.7 Å². The molecule has 0 saturated carbocycles. The number of fused-ring (bicyclic) bond motifs is 1. The summed E-state index contributed by atoms with van der Waals surface area (Å²) in [6, 6.07) is 14.3. The molecule has 0 fully saturated rings. The SMILES string of the molecule is COc1ccccc1-n1c(N)nc2ccccc2c1=O. The molecule has 2 aromatic carbocycles. The van der Waals surface area contributed by atoms with Crippen LogP contribution in [0.15, 0.2) is 53.3 Å². The van der Waals surface area contributed by atoms with E-state index in [4.69, 9.17) is 10.5 Å². The van der Waals surface area contributed by atoms with Crippen molar-refractivity contribution in [2.75, 3.05) is 12.8 Å². The van der Waals surface area contributed by atoms with E-state index in [1.807, 2.05) is 18.2 Å². The summed E-state index contributed by atoms with van der Waals surface area (Å²) >= 11 is 0. The zero-order chi connectivity index (χ0) is 14.1. The van der Waals surface area contributed by atoms with Gasteiger partial charge in [-0.15, -0.1) is 0 Å². The molecule has 0 saturated heterocycles. The van der Waals surface area contributed by atoms with Crippen LogP contribution < -0.4 is 16.0 Å². The van der Waals surface area contributed by atoms with Crippen LogP contribution in [0.3, 0.4) is 0 Å². The topological polar surface area (TPSA) is 70.1 Å². The van der Waals surface area contributed by atoms with Crippen molar-refractivity contribution >= 4 is 16.9 Å². The first-order chi connectivity index (χ1) is 9.72. The van der Waals surface area contributed by atoms with Crippen molar-refractivity contribution in [2.24, 2.45) is 0 Å². The van der Waals surface area contributed by atoms with Gasteiger partial charge in [0.2, 0.25) is 5.95 Å². The van der Waals surface area contributed by atoms with Crippen molar-refractivity contribution < 1.29 is 4.74 Å². The zero-order valence-electron chi connectivity index (χ0n) is 10.9. The molecule has 0 amide bonds. The maximum absolute atomic E-state index is 12.6. The van der Waals surface area contributed by atoms with Gasteiger partial charge < -0.3 is 10.5 Å². The lowest BCUT2D eigenvalue weighted by molar-refractivity contribution is 0.412. The largest absolute Gasteiger partial charge is 0.495 e. The third-order valence-electron chi connectivity index (χ3n) is 3.13. The Morgan fingerprint density at radius 1 is 1.10 bits per heavy atom. The average molecular weight is 267 g/mol. The first-order valence-corrected chi connectivity index (χ1v) is 6.13. The van der Waals surface area contributed by atoms with Gasteiger partial charge in [0.1, 0.15) is 5.75 Å². The molecule has 3 aromatic rings. The normalized spacial score (nSPS) is 10.7. The molecule has 3 rings (SSSR count). The van der Waals surface area contributed by atoms with E-state index >= 15 is 0 Å². The third kappa shape index (κ3) is 1.80. The van der Waals surface area contributed by atoms with Crippen LogP contribution in [0.5, 0.6) is 5.75 Å². The van der Waals surface area contributed by atoms with Crippen molar-refractivity contribution in [3.05, 3.63) is 58.9 Å². The van der Waals surface area contributed by atoms with Crippen molar-refractivity contribution in [3.8, 4) is 11.4 Å². The first-order valence-electron chi connectivity index (χ1n) is 6.13. The van der Waals surface area contributed by atoms with E-state index in [-0.39, 0.29) is 11.5 Å². The molecule has 0 aliphatic heterocycles. The lowest BCUT2D eigenvalue weighted by Crippen LogP contribution is -2.23. The van der Waals surface area contributed by atoms with Crippen molar-refractivity contribution in [3.63, 3.8) is 0 Å². The number of para-hydroxylation sites is 3. The number of anilines is 1. The highest BCUT2D eigenvalue weighted by Crippen LogP contribution is 2.23. The maximum Gasteiger partial charge on any atom is 0.267 e. The minimum absolute atomic E-state index is 0.137. The predicted molar refractivity (Wildman–Crippen MR) is 78.3 cm³/mol. The highest BCUT2D eigenvalue weighted by Gasteiger charge is 2.13. The Morgan fingerprint density at radius 2 is 1.80 bits per heavy atom. The minimum atomic E-state index is -0.211. The summed E-state index contributed by atoms with van der Waals surface area (Å²) in [6.45, 7) is 0. The summed E-state index contributed by atoms with van der Waals surface area (Å²) in [5.74, 6) is 0.705. The summed E-state index contributed by atoms with van der Waals surface area (Å²) in [4.78, 5) is 16.9. The Hall–Kier alpha value is -2.82. The van der Waals surface area contributed by atoms with Crippen LogP contribution in [0.2, 0.25) is 0 Å². The van der Waals surface area contributed by atoms with E-state index in [9.17, 15) is 4.79 Å². The Morgan fingerprint density at radius 3 is 2.60 bits per heavy atom. The minimum Gasteiger partial charge on any atom is -0.495 e. The molecule has 2 N–H and O–H groups in total. The number of nitrogens with zero attached hydrogens (tertiary/aromatic N) is 2. The fourth-order valence-electron chi connectivity index (χ4n) is 2.20. The van der Waals surface area contributed by atoms with E-state index in [2.05, 4.69) is 4.98 Å². The molecular formula is C15H13N3O2. The second-order valence-corrected chi connectivity index (χ2v) is 4.30. The van der Waals surface area contributed by atoms with Crippen LogP contribution in [0.4, 0.5) is 5.95 Å². The molecule has 100 valence electrons. The van der Waals surface area contributed by atoms with Crippen molar-refractivity contribution in [1.29, 1.82) is 0 Å². The Labute approximate surface area is 115 Å². The molecule has 5 heteroatoms. The average Bonchev–Trinajstić information content (AvgIpc) is 2.48. The molecule has 5 nitrogen and oxygen atoms in total. The Bertz CT molecular complexity index is 840. The first kappa shape index (κ1) is 12.2. The van der Waals surface area contributed by atoms with Gasteiger partial charge in [-0.05, 0) is 24.3 Å². The van der Waals surface area contributed by atoms with Crippen molar-refractivity contribution in [1.82, 2.24) is 9.55 Å². The summed E-state index contributed by atoms with van der Waals surface area (Å²) in [5.41, 5.74) is 6.89. The number of nitrogens with two attached hydrogens (primary N) is 1. The van der Waals surface area contributed by atoms with E-state index < -0.39 is 0 Å². The van der Waals surface area contributed by atoms with Gasteiger partial charge in [-0.25, -0.2) is 9.55 Å². The fourth-order valence-corrected chi connectivity index (χ4v) is 2.20. The molecule has 0 atom stereocenters. The summed E-state index contributed by atoms with van der Waals surface area (Å²) < 4.78 is 6.64. The van der Waals surface area contributed by atoms with Crippen LogP contribution in [0.1, 0.15) is 0 Å². The van der Waals surface area contributed by atoms with Gasteiger partial charge in [0.15, 0.2) is 0 Å². The van der Waals surface area contributed by atoms with E-state index in [0.717, 1.165) is 0 Å². The van der Waals surface area contributed by atoms with Gasteiger partial charge in [0.25, 0.3) is 5.56 Å². The highest BCUT2D eigenvalue weighted by molar-refractivity contribution is 5.79. The van der Waals surface area contributed by atoms with Gasteiger partial charge in [0, 0.05) is 0 Å². The molecule has 0 spiro atoms. The fraction of sp³-hybridized carbons (Fsp3) is 0.0667. The lowest BCUT2D eigenvalue weighted by atomic mass is 10.2. The molecule has 1 aromatic heterocycles. The highest BCUT2D eigenvalue weighted by atomic mass is 16.5. The van der Waals surface area contributed by atoms with Crippen LogP contribution in [-0.4, -0.2) is 16.7 Å².